The second-order valence-electron chi connectivity index (χ2n) is 9.28. The summed E-state index contributed by atoms with van der Waals surface area (Å²) >= 11 is 0. The maximum atomic E-state index is 13.2. The number of benzene rings is 2. The van der Waals surface area contributed by atoms with Gasteiger partial charge in [0.05, 0.1) is 22.5 Å². The van der Waals surface area contributed by atoms with E-state index in [4.69, 9.17) is 4.74 Å². The molecule has 168 valence electrons. The first kappa shape index (κ1) is 23.1. The highest BCUT2D eigenvalue weighted by molar-refractivity contribution is 7.91. The van der Waals surface area contributed by atoms with Crippen molar-refractivity contribution in [1.29, 1.82) is 0 Å². The average Bonchev–Trinajstić information content (AvgIpc) is 2.76. The monoisotopic (exact) mass is 444 g/mol. The Morgan fingerprint density at radius 3 is 2.55 bits per heavy atom. The normalized spacial score (nSPS) is 15.9. The number of hydrogen-bond acceptors (Lipinski definition) is 4. The van der Waals surface area contributed by atoms with Crippen molar-refractivity contribution >= 4 is 27.3 Å². The molecule has 2 aromatic rings. The number of fused-ring (bicyclic) bond motifs is 1. The van der Waals surface area contributed by atoms with E-state index < -0.39 is 15.4 Å². The van der Waals surface area contributed by atoms with Crippen LogP contribution in [0.4, 0.5) is 11.4 Å². The molecule has 0 aliphatic carbocycles. The molecule has 1 heterocycles. The first-order valence-electron chi connectivity index (χ1n) is 10.6. The molecule has 0 bridgehead atoms. The van der Waals surface area contributed by atoms with Crippen LogP contribution in [-0.2, 0) is 20.6 Å². The fourth-order valence-electron chi connectivity index (χ4n) is 3.51. The van der Waals surface area contributed by atoms with Crippen molar-refractivity contribution < 1.29 is 17.9 Å². The molecule has 1 N–H and O–H groups in total. The molecule has 3 rings (SSSR count). The van der Waals surface area contributed by atoms with Gasteiger partial charge in [-0.3, -0.25) is 9.52 Å². The lowest BCUT2D eigenvalue weighted by molar-refractivity contribution is -0.127. The number of hydrogen-bond donors (Lipinski definition) is 1. The molecule has 0 fully saturated rings. The number of carbonyl (C=O) groups excluding carboxylic acids is 1. The number of ether oxygens (including phenoxy) is 1. The zero-order valence-corrected chi connectivity index (χ0v) is 19.8. The van der Waals surface area contributed by atoms with E-state index >= 15 is 0 Å². The Morgan fingerprint density at radius 2 is 1.87 bits per heavy atom. The average molecular weight is 445 g/mol. The topological polar surface area (TPSA) is 75.7 Å². The van der Waals surface area contributed by atoms with Gasteiger partial charge in [-0.2, -0.15) is 0 Å². The lowest BCUT2D eigenvalue weighted by atomic mass is 9.92. The zero-order chi connectivity index (χ0) is 22.8. The molecule has 6 nitrogen and oxygen atoms in total. The van der Waals surface area contributed by atoms with Crippen LogP contribution in [0.15, 0.2) is 42.5 Å². The van der Waals surface area contributed by atoms with E-state index in [-0.39, 0.29) is 18.3 Å². The van der Waals surface area contributed by atoms with Crippen LogP contribution >= 0.6 is 0 Å². The molecule has 1 amide bonds. The summed E-state index contributed by atoms with van der Waals surface area (Å²) < 4.78 is 34.2. The number of aryl methyl sites for hydroxylation is 1. The van der Waals surface area contributed by atoms with E-state index in [1.165, 1.54) is 0 Å². The molecule has 0 aromatic heterocycles. The van der Waals surface area contributed by atoms with Gasteiger partial charge in [0.15, 0.2) is 0 Å². The number of sulfonamides is 1. The van der Waals surface area contributed by atoms with Crippen molar-refractivity contribution in [2.24, 2.45) is 11.3 Å². The first-order valence-corrected chi connectivity index (χ1v) is 12.3. The van der Waals surface area contributed by atoms with Gasteiger partial charge in [0.2, 0.25) is 15.9 Å². The highest BCUT2D eigenvalue weighted by Gasteiger charge is 2.37. The van der Waals surface area contributed by atoms with Gasteiger partial charge in [-0.1, -0.05) is 38.1 Å². The van der Waals surface area contributed by atoms with Crippen molar-refractivity contribution in [2.45, 2.75) is 46.8 Å². The number of rotatable bonds is 7. The Labute approximate surface area is 185 Å². The van der Waals surface area contributed by atoms with Gasteiger partial charge >= 0.3 is 0 Å². The van der Waals surface area contributed by atoms with Crippen LogP contribution in [0.25, 0.3) is 0 Å². The summed E-state index contributed by atoms with van der Waals surface area (Å²) in [5.74, 6) is 0.881. The van der Waals surface area contributed by atoms with Gasteiger partial charge in [0.1, 0.15) is 12.4 Å². The SMILES string of the molecule is Cc1ccccc1CS(=O)(=O)Nc1ccc2c(c1)N(CCC(C)C)C(=O)C(C)(C)CO2. The summed E-state index contributed by atoms with van der Waals surface area (Å²) in [6.07, 6.45) is 0.838. The van der Waals surface area contributed by atoms with Crippen molar-refractivity contribution in [1.82, 2.24) is 0 Å². The predicted octanol–water partition coefficient (Wildman–Crippen LogP) is 4.73. The van der Waals surface area contributed by atoms with Gasteiger partial charge in [0.25, 0.3) is 0 Å². The van der Waals surface area contributed by atoms with Crippen molar-refractivity contribution in [3.05, 3.63) is 53.6 Å². The van der Waals surface area contributed by atoms with Crippen LogP contribution in [0.3, 0.4) is 0 Å². The molecule has 0 atom stereocenters. The summed E-state index contributed by atoms with van der Waals surface area (Å²) in [6, 6.07) is 12.5. The van der Waals surface area contributed by atoms with Crippen molar-refractivity contribution in [3.63, 3.8) is 0 Å². The van der Waals surface area contributed by atoms with Gasteiger partial charge in [0, 0.05) is 6.54 Å². The number of nitrogens with one attached hydrogen (secondary N) is 1. The number of carbonyl (C=O) groups is 1. The van der Waals surface area contributed by atoms with Crippen molar-refractivity contribution in [2.75, 3.05) is 22.8 Å². The molecule has 7 heteroatoms. The van der Waals surface area contributed by atoms with Crippen LogP contribution in [0.1, 0.15) is 45.2 Å². The Bertz CT molecular complexity index is 1060. The lowest BCUT2D eigenvalue weighted by Gasteiger charge is -2.28. The molecule has 0 unspecified atom stereocenters. The summed E-state index contributed by atoms with van der Waals surface area (Å²) in [5, 5.41) is 0. The van der Waals surface area contributed by atoms with Gasteiger partial charge < -0.3 is 9.64 Å². The van der Waals surface area contributed by atoms with E-state index in [1.807, 2.05) is 45.0 Å². The van der Waals surface area contributed by atoms with Gasteiger partial charge in [-0.15, -0.1) is 0 Å². The maximum Gasteiger partial charge on any atom is 0.236 e. The molecule has 2 aromatic carbocycles. The molecule has 1 aliphatic rings. The third kappa shape index (κ3) is 5.58. The van der Waals surface area contributed by atoms with E-state index in [0.29, 0.717) is 29.6 Å². The van der Waals surface area contributed by atoms with E-state index in [2.05, 4.69) is 18.6 Å². The number of amides is 1. The standard InChI is InChI=1S/C24H32N2O4S/c1-17(2)12-13-26-21-14-20(10-11-22(21)30-16-24(4,5)23(26)27)25-31(28,29)15-19-9-7-6-8-18(19)3/h6-11,14,17,25H,12-13,15-16H2,1-5H3. The summed E-state index contributed by atoms with van der Waals surface area (Å²) in [7, 11) is -3.62. The third-order valence-electron chi connectivity index (χ3n) is 5.47. The number of anilines is 2. The first-order chi connectivity index (χ1) is 14.5. The van der Waals surface area contributed by atoms with Crippen LogP contribution in [-0.4, -0.2) is 27.5 Å². The summed E-state index contributed by atoms with van der Waals surface area (Å²) in [6.45, 7) is 10.7. The van der Waals surface area contributed by atoms with E-state index in [1.54, 1.807) is 23.1 Å². The van der Waals surface area contributed by atoms with Crippen LogP contribution in [0, 0.1) is 18.3 Å². The second-order valence-corrected chi connectivity index (χ2v) is 11.0. The molecule has 31 heavy (non-hydrogen) atoms. The smallest absolute Gasteiger partial charge is 0.236 e. The second kappa shape index (κ2) is 8.91. The highest BCUT2D eigenvalue weighted by atomic mass is 32.2. The molecular weight excluding hydrogens is 412 g/mol. The lowest BCUT2D eigenvalue weighted by Crippen LogP contribution is -2.42. The Kier molecular flexibility index (Phi) is 6.65. The van der Waals surface area contributed by atoms with Gasteiger partial charge in [-0.05, 0) is 62.4 Å². The molecular formula is C24H32N2O4S. The van der Waals surface area contributed by atoms with Crippen LogP contribution in [0.2, 0.25) is 0 Å². The largest absolute Gasteiger partial charge is 0.490 e. The molecule has 0 spiro atoms. The zero-order valence-electron chi connectivity index (χ0n) is 18.9. The minimum Gasteiger partial charge on any atom is -0.490 e. The Balaban J connectivity index is 1.91. The quantitative estimate of drug-likeness (QED) is 0.670. The van der Waals surface area contributed by atoms with E-state index in [0.717, 1.165) is 17.5 Å². The van der Waals surface area contributed by atoms with Gasteiger partial charge in [-0.25, -0.2) is 8.42 Å². The third-order valence-corrected chi connectivity index (χ3v) is 6.71. The minimum absolute atomic E-state index is 0.0215. The minimum atomic E-state index is -3.62. The van der Waals surface area contributed by atoms with E-state index in [9.17, 15) is 13.2 Å². The van der Waals surface area contributed by atoms with Crippen LogP contribution in [0.5, 0.6) is 5.75 Å². The Hall–Kier alpha value is -2.54. The number of nitrogens with zero attached hydrogens (tertiary/aromatic N) is 1. The summed E-state index contributed by atoms with van der Waals surface area (Å²) in [4.78, 5) is 15.0. The molecule has 0 radical (unpaired) electrons. The molecule has 0 saturated carbocycles. The van der Waals surface area contributed by atoms with Crippen LogP contribution < -0.4 is 14.4 Å². The fourth-order valence-corrected chi connectivity index (χ4v) is 4.80. The summed E-state index contributed by atoms with van der Waals surface area (Å²) in [5.41, 5.74) is 2.03. The maximum absolute atomic E-state index is 13.2. The fraction of sp³-hybridized carbons (Fsp3) is 0.458. The predicted molar refractivity (Wildman–Crippen MR) is 125 cm³/mol. The highest BCUT2D eigenvalue weighted by Crippen LogP contribution is 2.38. The molecule has 1 aliphatic heterocycles. The molecule has 0 saturated heterocycles. The Morgan fingerprint density at radius 1 is 1.16 bits per heavy atom. The van der Waals surface area contributed by atoms with Crippen molar-refractivity contribution in [3.8, 4) is 5.75 Å².